The Morgan fingerprint density at radius 1 is 1.65 bits per heavy atom. The van der Waals surface area contributed by atoms with E-state index < -0.39 is 12.1 Å². The number of methoxy groups -OCH3 is 1. The van der Waals surface area contributed by atoms with Crippen LogP contribution in [0, 0.1) is 0 Å². The maximum Gasteiger partial charge on any atom is 0.306 e. The van der Waals surface area contributed by atoms with Crippen LogP contribution < -0.4 is 0 Å². The molecule has 0 saturated carbocycles. The largest absolute Gasteiger partial charge is 0.481 e. The standard InChI is InChI=1S/C12H20N4O4/c1-3-10-9(4-5-20-10)12-13-14-15-16(12)7-8(19-2)6-11(17)18/h8-10H,3-7H2,1-2H3,(H,17,18). The maximum atomic E-state index is 10.8. The first-order chi connectivity index (χ1) is 9.65. The van der Waals surface area contributed by atoms with Gasteiger partial charge in [0.15, 0.2) is 5.82 Å². The number of rotatable bonds is 7. The lowest BCUT2D eigenvalue weighted by Crippen LogP contribution is -2.26. The Morgan fingerprint density at radius 3 is 3.10 bits per heavy atom. The second kappa shape index (κ2) is 6.76. The molecule has 3 unspecified atom stereocenters. The highest BCUT2D eigenvalue weighted by Gasteiger charge is 2.33. The van der Waals surface area contributed by atoms with Gasteiger partial charge in [-0.05, 0) is 23.3 Å². The molecule has 1 aliphatic heterocycles. The van der Waals surface area contributed by atoms with E-state index in [2.05, 4.69) is 22.4 Å². The first-order valence-electron chi connectivity index (χ1n) is 6.78. The highest BCUT2D eigenvalue weighted by molar-refractivity contribution is 5.67. The van der Waals surface area contributed by atoms with Gasteiger partial charge in [-0.2, -0.15) is 0 Å². The van der Waals surface area contributed by atoms with Crippen molar-refractivity contribution in [1.29, 1.82) is 0 Å². The van der Waals surface area contributed by atoms with Crippen molar-refractivity contribution in [1.82, 2.24) is 20.2 Å². The van der Waals surface area contributed by atoms with Crippen molar-refractivity contribution < 1.29 is 19.4 Å². The molecular weight excluding hydrogens is 264 g/mol. The van der Waals surface area contributed by atoms with E-state index in [0.29, 0.717) is 13.2 Å². The number of carboxylic acid groups (broad SMARTS) is 1. The normalized spacial score (nSPS) is 23.9. The summed E-state index contributed by atoms with van der Waals surface area (Å²) in [6.07, 6.45) is 1.39. The van der Waals surface area contributed by atoms with Crippen LogP contribution in [0.5, 0.6) is 0 Å². The van der Waals surface area contributed by atoms with Gasteiger partial charge in [-0.25, -0.2) is 4.68 Å². The Labute approximate surface area is 117 Å². The van der Waals surface area contributed by atoms with E-state index in [9.17, 15) is 4.79 Å². The lowest BCUT2D eigenvalue weighted by Gasteiger charge is -2.18. The molecule has 1 fully saturated rings. The topological polar surface area (TPSA) is 99.4 Å². The fraction of sp³-hybridized carbons (Fsp3) is 0.833. The average Bonchev–Trinajstić information content (AvgIpc) is 3.04. The Kier molecular flexibility index (Phi) is 5.02. The number of carbonyl (C=O) groups is 1. The average molecular weight is 284 g/mol. The number of ether oxygens (including phenoxy) is 2. The van der Waals surface area contributed by atoms with Gasteiger partial charge in [-0.1, -0.05) is 6.92 Å². The molecule has 8 heteroatoms. The van der Waals surface area contributed by atoms with Gasteiger partial charge in [0.25, 0.3) is 0 Å². The highest BCUT2D eigenvalue weighted by atomic mass is 16.5. The van der Waals surface area contributed by atoms with Crippen LogP contribution in [0.25, 0.3) is 0 Å². The third-order valence-corrected chi connectivity index (χ3v) is 3.62. The zero-order chi connectivity index (χ0) is 14.5. The second-order valence-corrected chi connectivity index (χ2v) is 4.89. The summed E-state index contributed by atoms with van der Waals surface area (Å²) in [7, 11) is 1.49. The Balaban J connectivity index is 2.09. The third kappa shape index (κ3) is 3.31. The van der Waals surface area contributed by atoms with E-state index in [1.165, 1.54) is 7.11 Å². The maximum absolute atomic E-state index is 10.8. The number of tetrazole rings is 1. The molecule has 3 atom stereocenters. The van der Waals surface area contributed by atoms with Crippen molar-refractivity contribution in [3.8, 4) is 0 Å². The Morgan fingerprint density at radius 2 is 2.45 bits per heavy atom. The van der Waals surface area contributed by atoms with Crippen LogP contribution in [0.1, 0.15) is 37.9 Å². The molecule has 2 rings (SSSR count). The summed E-state index contributed by atoms with van der Waals surface area (Å²) < 4.78 is 12.5. The van der Waals surface area contributed by atoms with Crippen LogP contribution in [0.2, 0.25) is 0 Å². The molecule has 0 aliphatic carbocycles. The van der Waals surface area contributed by atoms with E-state index >= 15 is 0 Å². The SMILES string of the molecule is CCC1OCCC1c1nnnn1CC(CC(=O)O)OC. The minimum atomic E-state index is -0.901. The molecule has 8 nitrogen and oxygen atoms in total. The predicted molar refractivity (Wildman–Crippen MR) is 68.3 cm³/mol. The van der Waals surface area contributed by atoms with Crippen molar-refractivity contribution in [3.63, 3.8) is 0 Å². The van der Waals surface area contributed by atoms with Crippen LogP contribution in [0.4, 0.5) is 0 Å². The van der Waals surface area contributed by atoms with Gasteiger partial charge in [-0.3, -0.25) is 4.79 Å². The molecule has 1 aliphatic rings. The summed E-state index contributed by atoms with van der Waals surface area (Å²) in [4.78, 5) is 10.8. The number of hydrogen-bond acceptors (Lipinski definition) is 6. The van der Waals surface area contributed by atoms with Crippen LogP contribution in [-0.4, -0.2) is 57.2 Å². The molecule has 0 spiro atoms. The summed E-state index contributed by atoms with van der Waals surface area (Å²) in [5.41, 5.74) is 0. The molecule has 1 aromatic heterocycles. The summed E-state index contributed by atoms with van der Waals surface area (Å²) in [6, 6.07) is 0. The lowest BCUT2D eigenvalue weighted by molar-refractivity contribution is -0.140. The highest BCUT2D eigenvalue weighted by Crippen LogP contribution is 2.31. The van der Waals surface area contributed by atoms with Crippen molar-refractivity contribution in [2.24, 2.45) is 0 Å². The fourth-order valence-electron chi connectivity index (χ4n) is 2.56. The van der Waals surface area contributed by atoms with Gasteiger partial charge < -0.3 is 14.6 Å². The fourth-order valence-corrected chi connectivity index (χ4v) is 2.56. The molecule has 1 aromatic rings. The van der Waals surface area contributed by atoms with Gasteiger partial charge in [0.1, 0.15) is 0 Å². The van der Waals surface area contributed by atoms with E-state index in [4.69, 9.17) is 14.6 Å². The van der Waals surface area contributed by atoms with Gasteiger partial charge in [0.05, 0.1) is 25.2 Å². The van der Waals surface area contributed by atoms with E-state index in [1.807, 2.05) is 0 Å². The van der Waals surface area contributed by atoms with Gasteiger partial charge in [-0.15, -0.1) is 5.10 Å². The molecule has 0 aromatic carbocycles. The molecule has 0 bridgehead atoms. The molecule has 2 heterocycles. The molecule has 112 valence electrons. The zero-order valence-electron chi connectivity index (χ0n) is 11.7. The zero-order valence-corrected chi connectivity index (χ0v) is 11.7. The Hall–Kier alpha value is -1.54. The predicted octanol–water partition coefficient (Wildman–Crippen LogP) is 0.445. The lowest BCUT2D eigenvalue weighted by atomic mass is 9.99. The quantitative estimate of drug-likeness (QED) is 0.775. The van der Waals surface area contributed by atoms with E-state index in [-0.39, 0.29) is 18.4 Å². The molecule has 1 N–H and O–H groups in total. The molecule has 1 saturated heterocycles. The van der Waals surface area contributed by atoms with Crippen molar-refractivity contribution in [2.75, 3.05) is 13.7 Å². The number of carboxylic acids is 1. The minimum Gasteiger partial charge on any atom is -0.481 e. The van der Waals surface area contributed by atoms with Crippen LogP contribution in [0.15, 0.2) is 0 Å². The number of aliphatic carboxylic acids is 1. The number of aromatic nitrogens is 4. The van der Waals surface area contributed by atoms with E-state index in [1.54, 1.807) is 4.68 Å². The van der Waals surface area contributed by atoms with Crippen LogP contribution >= 0.6 is 0 Å². The van der Waals surface area contributed by atoms with Gasteiger partial charge >= 0.3 is 5.97 Å². The van der Waals surface area contributed by atoms with Crippen LogP contribution in [0.3, 0.4) is 0 Å². The summed E-state index contributed by atoms with van der Waals surface area (Å²) >= 11 is 0. The first kappa shape index (κ1) is 14.9. The molecular formula is C12H20N4O4. The molecule has 0 amide bonds. The molecule has 20 heavy (non-hydrogen) atoms. The first-order valence-corrected chi connectivity index (χ1v) is 6.78. The number of hydrogen-bond donors (Lipinski definition) is 1. The summed E-state index contributed by atoms with van der Waals surface area (Å²) in [5.74, 6) is 0.0150. The van der Waals surface area contributed by atoms with E-state index in [0.717, 1.165) is 18.7 Å². The summed E-state index contributed by atoms with van der Waals surface area (Å²) in [6.45, 7) is 3.11. The smallest absolute Gasteiger partial charge is 0.306 e. The third-order valence-electron chi connectivity index (χ3n) is 3.62. The van der Waals surface area contributed by atoms with Crippen molar-refractivity contribution in [3.05, 3.63) is 5.82 Å². The number of nitrogens with zero attached hydrogens (tertiary/aromatic N) is 4. The Bertz CT molecular complexity index is 450. The van der Waals surface area contributed by atoms with Crippen molar-refractivity contribution >= 4 is 5.97 Å². The van der Waals surface area contributed by atoms with Gasteiger partial charge in [0, 0.05) is 19.6 Å². The summed E-state index contributed by atoms with van der Waals surface area (Å²) in [5, 5.41) is 20.6. The molecule has 0 radical (unpaired) electrons. The van der Waals surface area contributed by atoms with Crippen molar-refractivity contribution in [2.45, 2.75) is 50.9 Å². The monoisotopic (exact) mass is 284 g/mol. The van der Waals surface area contributed by atoms with Gasteiger partial charge in [0.2, 0.25) is 0 Å². The van der Waals surface area contributed by atoms with Crippen LogP contribution in [-0.2, 0) is 20.8 Å². The second-order valence-electron chi connectivity index (χ2n) is 4.89. The minimum absolute atomic E-state index is 0.0752.